The molecule has 560 valence electrons. The SMILES string of the molecule is c1ccc(-c2ccc(-n3c4ccccc4c4cc(-c5ccc6c(c5)c5cc7c8ccccc8n(-c8ccc(-c9ccccc9)cc8)c7cc5n6-c5ccccc5)ccc43)cc2)cc1.c1ccc(-c2ccc(-n3c4ccccc4c4cc(-c5ccc6c(c5)c5ccc7c(c8ccccc8n7-c7ccccc7)c5n6-c5ccccc5)ccc43)cc2)cc1. The number of fused-ring (bicyclic) bond motifs is 19. The van der Waals surface area contributed by atoms with Crippen molar-refractivity contribution in [2.24, 2.45) is 0 Å². The Labute approximate surface area is 692 Å². The summed E-state index contributed by atoms with van der Waals surface area (Å²) in [4.78, 5) is 0. The molecule has 0 fully saturated rings. The maximum Gasteiger partial charge on any atom is 0.0641 e. The molecular weight excluding hydrogens is 1450 g/mol. The van der Waals surface area contributed by atoms with Gasteiger partial charge >= 0.3 is 0 Å². The van der Waals surface area contributed by atoms with Crippen molar-refractivity contribution in [2.75, 3.05) is 0 Å². The summed E-state index contributed by atoms with van der Waals surface area (Å²) >= 11 is 0. The van der Waals surface area contributed by atoms with E-state index in [0.717, 1.165) is 34.1 Å². The molecular formula is C114H74N6. The molecule has 0 radical (unpaired) electrons. The van der Waals surface area contributed by atoms with Crippen molar-refractivity contribution in [3.63, 3.8) is 0 Å². The first-order valence-corrected chi connectivity index (χ1v) is 41.3. The Hall–Kier alpha value is -16.0. The molecule has 6 heteroatoms. The molecule has 0 bridgehead atoms. The Balaban J connectivity index is 0.000000137. The molecule has 0 N–H and O–H groups in total. The van der Waals surface area contributed by atoms with Crippen LogP contribution in [-0.2, 0) is 0 Å². The molecule has 0 atom stereocenters. The van der Waals surface area contributed by atoms with Gasteiger partial charge in [-0.2, -0.15) is 0 Å². The third-order valence-corrected chi connectivity index (χ3v) is 24.9. The Bertz CT molecular complexity index is 8320. The number of aromatic nitrogens is 6. The molecule has 0 aliphatic heterocycles. The second-order valence-electron chi connectivity index (χ2n) is 31.5. The van der Waals surface area contributed by atoms with Gasteiger partial charge in [0, 0.05) is 98.8 Å². The summed E-state index contributed by atoms with van der Waals surface area (Å²) in [6.45, 7) is 0. The van der Waals surface area contributed by atoms with Gasteiger partial charge in [-0.05, 0) is 219 Å². The van der Waals surface area contributed by atoms with E-state index >= 15 is 0 Å². The van der Waals surface area contributed by atoms with Gasteiger partial charge in [-0.15, -0.1) is 0 Å². The molecule has 6 heterocycles. The largest absolute Gasteiger partial charge is 0.309 e. The molecule has 0 saturated heterocycles. The zero-order valence-electron chi connectivity index (χ0n) is 65.4. The van der Waals surface area contributed by atoms with Crippen molar-refractivity contribution in [2.45, 2.75) is 0 Å². The summed E-state index contributed by atoms with van der Waals surface area (Å²) < 4.78 is 14.6. The molecule has 0 amide bonds. The van der Waals surface area contributed by atoms with Crippen LogP contribution in [0.1, 0.15) is 0 Å². The van der Waals surface area contributed by atoms with Crippen LogP contribution in [0.2, 0.25) is 0 Å². The molecule has 0 spiro atoms. The number of para-hydroxylation sites is 7. The predicted molar refractivity (Wildman–Crippen MR) is 506 cm³/mol. The molecule has 0 aliphatic rings. The fourth-order valence-electron chi connectivity index (χ4n) is 19.4. The monoisotopic (exact) mass is 1530 g/mol. The quantitative estimate of drug-likeness (QED) is 0.124. The molecule has 19 aromatic carbocycles. The Morgan fingerprint density at radius 3 is 0.708 bits per heavy atom. The fourth-order valence-corrected chi connectivity index (χ4v) is 19.4. The van der Waals surface area contributed by atoms with Crippen LogP contribution in [0, 0.1) is 0 Å². The first-order valence-electron chi connectivity index (χ1n) is 41.3. The van der Waals surface area contributed by atoms with Gasteiger partial charge in [0.15, 0.2) is 0 Å². The topological polar surface area (TPSA) is 29.6 Å². The normalized spacial score (nSPS) is 11.8. The van der Waals surface area contributed by atoms with Crippen molar-refractivity contribution in [1.29, 1.82) is 0 Å². The van der Waals surface area contributed by atoms with Crippen LogP contribution in [0.3, 0.4) is 0 Å². The predicted octanol–water partition coefficient (Wildman–Crippen LogP) is 30.3. The van der Waals surface area contributed by atoms with Gasteiger partial charge in [-0.3, -0.25) is 0 Å². The van der Waals surface area contributed by atoms with Crippen molar-refractivity contribution in [3.05, 3.63) is 449 Å². The number of rotatable bonds is 11. The smallest absolute Gasteiger partial charge is 0.0641 e. The van der Waals surface area contributed by atoms with E-state index < -0.39 is 0 Å². The molecule has 6 nitrogen and oxygen atoms in total. The average Bonchev–Trinajstić information content (AvgIpc) is 1.55. The Morgan fingerprint density at radius 2 is 0.333 bits per heavy atom. The molecule has 0 aliphatic carbocycles. The highest BCUT2D eigenvalue weighted by Gasteiger charge is 2.25. The van der Waals surface area contributed by atoms with Crippen LogP contribution in [0.5, 0.6) is 0 Å². The highest BCUT2D eigenvalue weighted by molar-refractivity contribution is 6.27. The first kappa shape index (κ1) is 68.4. The molecule has 25 rings (SSSR count). The van der Waals surface area contributed by atoms with Gasteiger partial charge in [0.1, 0.15) is 0 Å². The summed E-state index contributed by atoms with van der Waals surface area (Å²) in [5.41, 5.74) is 33.4. The van der Waals surface area contributed by atoms with E-state index in [2.05, 4.69) is 476 Å². The Morgan fingerprint density at radius 1 is 0.108 bits per heavy atom. The highest BCUT2D eigenvalue weighted by Crippen LogP contribution is 2.47. The van der Waals surface area contributed by atoms with Crippen LogP contribution >= 0.6 is 0 Å². The van der Waals surface area contributed by atoms with Crippen LogP contribution in [0.4, 0.5) is 0 Å². The lowest BCUT2D eigenvalue weighted by Crippen LogP contribution is -1.96. The molecule has 6 aromatic heterocycles. The van der Waals surface area contributed by atoms with E-state index in [0.29, 0.717) is 0 Å². The Kier molecular flexibility index (Phi) is 15.9. The van der Waals surface area contributed by atoms with Gasteiger partial charge in [0.05, 0.1) is 66.2 Å². The number of hydrogen-bond donors (Lipinski definition) is 0. The van der Waals surface area contributed by atoms with E-state index in [-0.39, 0.29) is 0 Å². The minimum atomic E-state index is 1.14. The second kappa shape index (κ2) is 27.9. The van der Waals surface area contributed by atoms with Gasteiger partial charge in [-0.1, -0.05) is 285 Å². The van der Waals surface area contributed by atoms with E-state index in [1.54, 1.807) is 0 Å². The minimum absolute atomic E-state index is 1.14. The van der Waals surface area contributed by atoms with Gasteiger partial charge in [0.2, 0.25) is 0 Å². The third-order valence-electron chi connectivity index (χ3n) is 24.9. The highest BCUT2D eigenvalue weighted by atomic mass is 15.0. The molecule has 120 heavy (non-hydrogen) atoms. The third kappa shape index (κ3) is 11.0. The van der Waals surface area contributed by atoms with Crippen LogP contribution in [0.15, 0.2) is 449 Å². The molecule has 0 unspecified atom stereocenters. The zero-order chi connectivity index (χ0) is 78.9. The van der Waals surface area contributed by atoms with Crippen LogP contribution < -0.4 is 0 Å². The summed E-state index contributed by atoms with van der Waals surface area (Å²) in [6.07, 6.45) is 0. The van der Waals surface area contributed by atoms with Crippen molar-refractivity contribution >= 4 is 131 Å². The summed E-state index contributed by atoms with van der Waals surface area (Å²) in [7, 11) is 0. The molecule has 0 saturated carbocycles. The minimum Gasteiger partial charge on any atom is -0.309 e. The fraction of sp³-hybridized carbons (Fsp3) is 0. The molecule has 25 aromatic rings. The van der Waals surface area contributed by atoms with E-state index in [1.807, 2.05) is 0 Å². The standard InChI is InChI=1S/C60H39N3.C54H35N3/c1-4-14-40(15-5-1)42-24-30-47(31-25-42)61-55-22-12-10-20-49(55)51-36-44(28-34-57(51)61)45-29-35-58-52(37-45)54-38-53-50-21-11-13-23-56(50)63(48-32-26-43(27-33-48)41-16-6-2-7-17-41)59(53)39-60(54)62(58)46-18-8-3-9-19-46;1-4-14-36(15-5-1)37-24-28-42(29-25-37)55-48-22-12-10-20-43(48)46-34-38(26-31-50(46)55)39-27-32-51-47(35-39)44-30-33-52-53(54(44)57(51)41-18-8-3-9-19-41)45-21-11-13-23-49(45)56(52)40-16-6-2-7-17-40/h1-39H;1-35H. The number of benzene rings is 19. The number of hydrogen-bond acceptors (Lipinski definition) is 0. The van der Waals surface area contributed by atoms with E-state index in [9.17, 15) is 0 Å². The first-order chi connectivity index (χ1) is 59.5. The van der Waals surface area contributed by atoms with Crippen LogP contribution in [0.25, 0.3) is 221 Å². The second-order valence-corrected chi connectivity index (χ2v) is 31.5. The number of nitrogens with zero attached hydrogens (tertiary/aromatic N) is 6. The summed E-state index contributed by atoms with van der Waals surface area (Å²) in [5, 5.41) is 15.0. The van der Waals surface area contributed by atoms with Crippen molar-refractivity contribution < 1.29 is 0 Å². The van der Waals surface area contributed by atoms with Crippen molar-refractivity contribution in [1.82, 2.24) is 27.4 Å². The lowest BCUT2D eigenvalue weighted by atomic mass is 10.00. The van der Waals surface area contributed by atoms with Crippen LogP contribution in [-0.4, -0.2) is 27.4 Å². The lowest BCUT2D eigenvalue weighted by Gasteiger charge is -2.11. The average molecular weight is 1530 g/mol. The maximum absolute atomic E-state index is 2.47. The van der Waals surface area contributed by atoms with Gasteiger partial charge in [0.25, 0.3) is 0 Å². The van der Waals surface area contributed by atoms with Gasteiger partial charge in [-0.25, -0.2) is 0 Å². The maximum atomic E-state index is 2.47. The van der Waals surface area contributed by atoms with E-state index in [1.165, 1.54) is 186 Å². The summed E-state index contributed by atoms with van der Waals surface area (Å²) in [5.74, 6) is 0. The van der Waals surface area contributed by atoms with Gasteiger partial charge < -0.3 is 27.4 Å². The zero-order valence-corrected chi connectivity index (χ0v) is 65.4. The summed E-state index contributed by atoms with van der Waals surface area (Å²) in [6, 6.07) is 164. The van der Waals surface area contributed by atoms with E-state index in [4.69, 9.17) is 0 Å². The lowest BCUT2D eigenvalue weighted by molar-refractivity contribution is 1.16. The van der Waals surface area contributed by atoms with Crippen molar-refractivity contribution in [3.8, 4) is 89.8 Å².